The number of nitrogens with zero attached hydrogens (tertiary/aromatic N) is 1. The molecule has 128 valence electrons. The number of amides is 1. The molecule has 3 rings (SSSR count). The Morgan fingerprint density at radius 1 is 1.21 bits per heavy atom. The summed E-state index contributed by atoms with van der Waals surface area (Å²) in [4.78, 5) is 16.9. The molecule has 0 bridgehead atoms. The second-order valence-electron chi connectivity index (χ2n) is 5.67. The molecule has 1 N–H and O–H groups in total. The Labute approximate surface area is 146 Å². The standard InChI is InChI=1S/C18H22N2O3S/c1-13-3-5-15(24-13)12-20(18(21)7-8-19-2)14-4-6-16-17(11-14)23-10-9-22-16/h3-6,11,19H,7-10,12H2,1-2H3. The SMILES string of the molecule is CNCCC(=O)N(Cc1ccc(C)s1)c1ccc2c(c1)OCCO2. The molecule has 1 aliphatic heterocycles. The summed E-state index contributed by atoms with van der Waals surface area (Å²) in [6, 6.07) is 9.86. The zero-order chi connectivity index (χ0) is 16.9. The molecule has 24 heavy (non-hydrogen) atoms. The average molecular weight is 346 g/mol. The summed E-state index contributed by atoms with van der Waals surface area (Å²) in [6.07, 6.45) is 0.454. The van der Waals surface area contributed by atoms with Crippen LogP contribution in [-0.4, -0.2) is 32.7 Å². The summed E-state index contributed by atoms with van der Waals surface area (Å²) < 4.78 is 11.2. The van der Waals surface area contributed by atoms with Crippen LogP contribution in [0.15, 0.2) is 30.3 Å². The van der Waals surface area contributed by atoms with Crippen molar-refractivity contribution in [1.82, 2.24) is 5.32 Å². The van der Waals surface area contributed by atoms with Crippen LogP contribution >= 0.6 is 11.3 Å². The molecule has 0 unspecified atom stereocenters. The van der Waals surface area contributed by atoms with Gasteiger partial charge in [0.2, 0.25) is 5.91 Å². The van der Waals surface area contributed by atoms with Gasteiger partial charge in [0.25, 0.3) is 0 Å². The fourth-order valence-corrected chi connectivity index (χ4v) is 3.50. The van der Waals surface area contributed by atoms with E-state index in [4.69, 9.17) is 9.47 Å². The first-order valence-corrected chi connectivity index (χ1v) is 8.89. The number of carbonyl (C=O) groups excluding carboxylic acids is 1. The topological polar surface area (TPSA) is 50.8 Å². The van der Waals surface area contributed by atoms with Gasteiger partial charge in [-0.2, -0.15) is 0 Å². The summed E-state index contributed by atoms with van der Waals surface area (Å²) in [6.45, 7) is 4.40. The minimum atomic E-state index is 0.0899. The summed E-state index contributed by atoms with van der Waals surface area (Å²) in [5, 5.41) is 3.03. The Bertz CT molecular complexity index is 714. The van der Waals surface area contributed by atoms with Gasteiger partial charge in [0.1, 0.15) is 13.2 Å². The Morgan fingerprint density at radius 3 is 2.71 bits per heavy atom. The first-order valence-electron chi connectivity index (χ1n) is 8.07. The van der Waals surface area contributed by atoms with Gasteiger partial charge in [-0.15, -0.1) is 11.3 Å². The highest BCUT2D eigenvalue weighted by Crippen LogP contribution is 2.35. The third kappa shape index (κ3) is 3.88. The summed E-state index contributed by atoms with van der Waals surface area (Å²) in [5.41, 5.74) is 0.839. The zero-order valence-corrected chi connectivity index (χ0v) is 14.8. The number of carbonyl (C=O) groups is 1. The van der Waals surface area contributed by atoms with Crippen molar-refractivity contribution in [2.24, 2.45) is 0 Å². The van der Waals surface area contributed by atoms with Crippen LogP contribution in [0.2, 0.25) is 0 Å². The number of fused-ring (bicyclic) bond motifs is 1. The minimum absolute atomic E-state index is 0.0899. The van der Waals surface area contributed by atoms with E-state index in [1.165, 1.54) is 9.75 Å². The van der Waals surface area contributed by atoms with Gasteiger partial charge in [0.05, 0.1) is 6.54 Å². The van der Waals surface area contributed by atoms with Crippen molar-refractivity contribution >= 4 is 22.9 Å². The van der Waals surface area contributed by atoms with Crippen molar-refractivity contribution in [2.75, 3.05) is 31.7 Å². The van der Waals surface area contributed by atoms with Crippen molar-refractivity contribution < 1.29 is 14.3 Å². The number of rotatable bonds is 6. The van der Waals surface area contributed by atoms with Crippen LogP contribution in [-0.2, 0) is 11.3 Å². The molecule has 0 spiro atoms. The van der Waals surface area contributed by atoms with E-state index in [-0.39, 0.29) is 5.91 Å². The third-order valence-corrected chi connectivity index (χ3v) is 4.82. The lowest BCUT2D eigenvalue weighted by Gasteiger charge is -2.25. The number of ether oxygens (including phenoxy) is 2. The fraction of sp³-hybridized carbons (Fsp3) is 0.389. The van der Waals surface area contributed by atoms with Crippen molar-refractivity contribution in [3.63, 3.8) is 0 Å². The Kier molecular flexibility index (Phi) is 5.37. The molecule has 5 nitrogen and oxygen atoms in total. The monoisotopic (exact) mass is 346 g/mol. The zero-order valence-electron chi connectivity index (χ0n) is 14.0. The van der Waals surface area contributed by atoms with Gasteiger partial charge in [-0.1, -0.05) is 0 Å². The quantitative estimate of drug-likeness (QED) is 0.874. The van der Waals surface area contributed by atoms with E-state index < -0.39 is 0 Å². The molecule has 1 aliphatic rings. The molecule has 1 aromatic heterocycles. The molecular formula is C18H22N2O3S. The van der Waals surface area contributed by atoms with Crippen molar-refractivity contribution in [3.05, 3.63) is 40.1 Å². The first-order chi connectivity index (χ1) is 11.7. The van der Waals surface area contributed by atoms with Gasteiger partial charge in [-0.05, 0) is 38.2 Å². The van der Waals surface area contributed by atoms with Gasteiger partial charge in [-0.25, -0.2) is 0 Å². The van der Waals surface area contributed by atoms with Crippen LogP contribution in [0.25, 0.3) is 0 Å². The van der Waals surface area contributed by atoms with Crippen LogP contribution in [0.5, 0.6) is 11.5 Å². The molecule has 0 aliphatic carbocycles. The maximum absolute atomic E-state index is 12.7. The van der Waals surface area contributed by atoms with Crippen LogP contribution < -0.4 is 19.7 Å². The highest BCUT2D eigenvalue weighted by molar-refractivity contribution is 7.11. The lowest BCUT2D eigenvalue weighted by atomic mass is 10.2. The van der Waals surface area contributed by atoms with Crippen molar-refractivity contribution in [2.45, 2.75) is 19.9 Å². The number of aryl methyl sites for hydroxylation is 1. The Balaban J connectivity index is 1.86. The number of hydrogen-bond acceptors (Lipinski definition) is 5. The predicted molar refractivity (Wildman–Crippen MR) is 96.2 cm³/mol. The molecule has 1 amide bonds. The highest BCUT2D eigenvalue weighted by atomic mass is 32.1. The van der Waals surface area contributed by atoms with Crippen molar-refractivity contribution in [1.29, 1.82) is 0 Å². The average Bonchev–Trinajstić information content (AvgIpc) is 3.02. The Morgan fingerprint density at radius 2 is 2.00 bits per heavy atom. The maximum Gasteiger partial charge on any atom is 0.228 e. The maximum atomic E-state index is 12.7. The van der Waals surface area contributed by atoms with Gasteiger partial charge < -0.3 is 19.7 Å². The number of thiophene rings is 1. The lowest BCUT2D eigenvalue weighted by molar-refractivity contribution is -0.118. The summed E-state index contributed by atoms with van der Waals surface area (Å²) in [5.74, 6) is 1.53. The van der Waals surface area contributed by atoms with Crippen LogP contribution in [0.3, 0.4) is 0 Å². The molecule has 0 saturated carbocycles. The summed E-state index contributed by atoms with van der Waals surface area (Å²) >= 11 is 1.72. The molecule has 6 heteroatoms. The van der Waals surface area contributed by atoms with E-state index in [0.717, 1.165) is 11.4 Å². The normalized spacial score (nSPS) is 12.9. The molecule has 0 saturated heterocycles. The van der Waals surface area contributed by atoms with E-state index in [1.807, 2.05) is 30.1 Å². The number of anilines is 1. The number of benzene rings is 1. The van der Waals surface area contributed by atoms with E-state index in [2.05, 4.69) is 24.4 Å². The number of hydrogen-bond donors (Lipinski definition) is 1. The van der Waals surface area contributed by atoms with E-state index in [1.54, 1.807) is 11.3 Å². The molecular weight excluding hydrogens is 324 g/mol. The fourth-order valence-electron chi connectivity index (χ4n) is 2.62. The first kappa shape index (κ1) is 16.8. The Hall–Kier alpha value is -2.05. The largest absolute Gasteiger partial charge is 0.486 e. The third-order valence-electron chi connectivity index (χ3n) is 3.84. The molecule has 2 heterocycles. The predicted octanol–water partition coefficient (Wildman–Crippen LogP) is 2.97. The van der Waals surface area contributed by atoms with Crippen LogP contribution in [0, 0.1) is 6.92 Å². The van der Waals surface area contributed by atoms with Crippen molar-refractivity contribution in [3.8, 4) is 11.5 Å². The van der Waals surface area contributed by atoms with E-state index in [0.29, 0.717) is 38.5 Å². The molecule has 2 aromatic rings. The molecule has 0 fully saturated rings. The highest BCUT2D eigenvalue weighted by Gasteiger charge is 2.20. The smallest absolute Gasteiger partial charge is 0.228 e. The van der Waals surface area contributed by atoms with Crippen LogP contribution in [0.4, 0.5) is 5.69 Å². The van der Waals surface area contributed by atoms with Gasteiger partial charge in [-0.3, -0.25) is 4.79 Å². The molecule has 1 aromatic carbocycles. The number of nitrogens with one attached hydrogen (secondary N) is 1. The summed E-state index contributed by atoms with van der Waals surface area (Å²) in [7, 11) is 1.85. The van der Waals surface area contributed by atoms with Crippen LogP contribution in [0.1, 0.15) is 16.2 Å². The minimum Gasteiger partial charge on any atom is -0.486 e. The second-order valence-corrected chi connectivity index (χ2v) is 7.05. The molecule has 0 atom stereocenters. The van der Waals surface area contributed by atoms with Gasteiger partial charge >= 0.3 is 0 Å². The second kappa shape index (κ2) is 7.68. The van der Waals surface area contributed by atoms with E-state index in [9.17, 15) is 4.79 Å². The van der Waals surface area contributed by atoms with Gasteiger partial charge in [0.15, 0.2) is 11.5 Å². The van der Waals surface area contributed by atoms with Gasteiger partial charge in [0, 0.05) is 34.5 Å². The van der Waals surface area contributed by atoms with E-state index >= 15 is 0 Å². The lowest BCUT2D eigenvalue weighted by Crippen LogP contribution is -2.32. The molecule has 0 radical (unpaired) electrons.